The Bertz CT molecular complexity index is 1220. The molecular weight excluding hydrogens is 488 g/mol. The van der Waals surface area contributed by atoms with E-state index >= 15 is 0 Å². The Hall–Kier alpha value is -3.22. The Labute approximate surface area is 232 Å². The van der Waals surface area contributed by atoms with Crippen molar-refractivity contribution in [3.63, 3.8) is 0 Å². The van der Waals surface area contributed by atoms with Gasteiger partial charge < -0.3 is 29.9 Å². The SMILES string of the molecule is COc1ccc(C2CCc3cc(O)ccc3C2)c(N(CCO)Cc2ccc(OC(C)C3CCCCN3)cc2)c1. The van der Waals surface area contributed by atoms with Gasteiger partial charge in [-0.1, -0.05) is 30.7 Å². The van der Waals surface area contributed by atoms with Crippen LogP contribution in [-0.2, 0) is 19.4 Å². The fraction of sp³-hybridized carbons (Fsp3) is 0.455. The van der Waals surface area contributed by atoms with Gasteiger partial charge in [-0.25, -0.2) is 0 Å². The molecule has 39 heavy (non-hydrogen) atoms. The maximum Gasteiger partial charge on any atom is 0.120 e. The summed E-state index contributed by atoms with van der Waals surface area (Å²) in [5.41, 5.74) is 6.08. The summed E-state index contributed by atoms with van der Waals surface area (Å²) < 4.78 is 11.9. The highest BCUT2D eigenvalue weighted by molar-refractivity contribution is 5.60. The van der Waals surface area contributed by atoms with Crippen LogP contribution >= 0.6 is 0 Å². The first-order valence-electron chi connectivity index (χ1n) is 14.4. The second-order valence-electron chi connectivity index (χ2n) is 11.0. The van der Waals surface area contributed by atoms with Crippen molar-refractivity contribution in [3.05, 3.63) is 82.9 Å². The van der Waals surface area contributed by atoms with E-state index in [-0.39, 0.29) is 12.7 Å². The number of aliphatic hydroxyl groups excluding tert-OH is 1. The number of benzene rings is 3. The summed E-state index contributed by atoms with van der Waals surface area (Å²) in [6, 6.07) is 20.9. The van der Waals surface area contributed by atoms with Crippen LogP contribution in [0.2, 0.25) is 0 Å². The van der Waals surface area contributed by atoms with Crippen molar-refractivity contribution in [1.82, 2.24) is 5.32 Å². The van der Waals surface area contributed by atoms with Crippen LogP contribution in [0.4, 0.5) is 5.69 Å². The van der Waals surface area contributed by atoms with Crippen LogP contribution in [0, 0.1) is 0 Å². The fourth-order valence-corrected chi connectivity index (χ4v) is 6.15. The minimum atomic E-state index is 0.0660. The van der Waals surface area contributed by atoms with Crippen molar-refractivity contribution in [2.45, 2.75) is 70.1 Å². The normalized spacial score (nSPS) is 19.7. The van der Waals surface area contributed by atoms with Gasteiger partial charge in [-0.05, 0) is 104 Å². The van der Waals surface area contributed by atoms with Gasteiger partial charge in [0.1, 0.15) is 23.4 Å². The van der Waals surface area contributed by atoms with Crippen molar-refractivity contribution in [2.24, 2.45) is 0 Å². The maximum absolute atomic E-state index is 10.0. The molecule has 3 N–H and O–H groups in total. The van der Waals surface area contributed by atoms with E-state index in [4.69, 9.17) is 9.47 Å². The number of anilines is 1. The molecule has 0 spiro atoms. The molecule has 1 saturated heterocycles. The lowest BCUT2D eigenvalue weighted by atomic mass is 9.79. The molecule has 6 nitrogen and oxygen atoms in total. The molecule has 3 aromatic rings. The van der Waals surface area contributed by atoms with Crippen LogP contribution in [0.3, 0.4) is 0 Å². The maximum atomic E-state index is 10.0. The average molecular weight is 531 g/mol. The molecule has 1 fully saturated rings. The quantitative estimate of drug-likeness (QED) is 0.318. The number of phenols is 1. The zero-order chi connectivity index (χ0) is 27.2. The number of aliphatic hydroxyl groups is 1. The summed E-state index contributed by atoms with van der Waals surface area (Å²) in [7, 11) is 1.70. The van der Waals surface area contributed by atoms with E-state index in [0.29, 0.717) is 30.8 Å². The van der Waals surface area contributed by atoms with Crippen LogP contribution < -0.4 is 19.7 Å². The Morgan fingerprint density at radius 1 is 0.974 bits per heavy atom. The topological polar surface area (TPSA) is 74.2 Å². The zero-order valence-electron chi connectivity index (χ0n) is 23.2. The number of fused-ring (bicyclic) bond motifs is 1. The minimum absolute atomic E-state index is 0.0660. The second kappa shape index (κ2) is 12.8. The molecule has 3 aromatic carbocycles. The summed E-state index contributed by atoms with van der Waals surface area (Å²) in [6.45, 7) is 4.49. The van der Waals surface area contributed by atoms with E-state index < -0.39 is 0 Å². The molecule has 0 amide bonds. The number of hydrogen-bond acceptors (Lipinski definition) is 6. The summed E-state index contributed by atoms with van der Waals surface area (Å²) >= 11 is 0. The van der Waals surface area contributed by atoms with E-state index in [9.17, 15) is 10.2 Å². The average Bonchev–Trinajstić information content (AvgIpc) is 2.97. The van der Waals surface area contributed by atoms with E-state index in [1.165, 1.54) is 29.5 Å². The van der Waals surface area contributed by atoms with Crippen molar-refractivity contribution >= 4 is 5.69 Å². The van der Waals surface area contributed by atoms with Gasteiger partial charge in [-0.15, -0.1) is 0 Å². The number of piperidine rings is 1. The Morgan fingerprint density at radius 3 is 2.54 bits per heavy atom. The molecule has 1 aliphatic carbocycles. The van der Waals surface area contributed by atoms with E-state index in [2.05, 4.69) is 59.6 Å². The zero-order valence-corrected chi connectivity index (χ0v) is 23.2. The molecule has 0 radical (unpaired) electrons. The fourth-order valence-electron chi connectivity index (χ4n) is 6.15. The van der Waals surface area contributed by atoms with Crippen LogP contribution in [0.15, 0.2) is 60.7 Å². The van der Waals surface area contributed by atoms with Gasteiger partial charge in [-0.2, -0.15) is 0 Å². The standard InChI is InChI=1S/C33H42N2O4/c1-23(32-5-3-4-16-34-32)39-29-12-6-24(7-13-29)22-35(17-18-36)33-21-30(38-2)14-15-31(33)27-9-8-26-20-28(37)11-10-25(26)19-27/h6-7,10-15,20-21,23,27,32,34,36-37H,3-5,8-9,16-19,22H2,1-2H3. The van der Waals surface area contributed by atoms with Crippen molar-refractivity contribution in [3.8, 4) is 17.2 Å². The molecule has 0 bridgehead atoms. The third-order valence-electron chi connectivity index (χ3n) is 8.34. The number of aryl methyl sites for hydroxylation is 1. The molecule has 1 aliphatic heterocycles. The highest BCUT2D eigenvalue weighted by atomic mass is 16.5. The van der Waals surface area contributed by atoms with Gasteiger partial charge in [-0.3, -0.25) is 0 Å². The largest absolute Gasteiger partial charge is 0.508 e. The number of nitrogens with one attached hydrogen (secondary N) is 1. The second-order valence-corrected chi connectivity index (χ2v) is 11.0. The third-order valence-corrected chi connectivity index (χ3v) is 8.34. The van der Waals surface area contributed by atoms with Crippen molar-refractivity contribution < 1.29 is 19.7 Å². The van der Waals surface area contributed by atoms with E-state index in [1.54, 1.807) is 13.2 Å². The molecule has 2 aliphatic rings. The summed E-state index contributed by atoms with van der Waals surface area (Å²) in [5.74, 6) is 2.39. The lowest BCUT2D eigenvalue weighted by Crippen LogP contribution is -2.44. The van der Waals surface area contributed by atoms with Gasteiger partial charge in [0.2, 0.25) is 0 Å². The first kappa shape index (κ1) is 27.4. The minimum Gasteiger partial charge on any atom is -0.508 e. The number of ether oxygens (including phenoxy) is 2. The third kappa shape index (κ3) is 6.68. The van der Waals surface area contributed by atoms with Crippen molar-refractivity contribution in [2.75, 3.05) is 31.7 Å². The number of hydrogen-bond donors (Lipinski definition) is 3. The van der Waals surface area contributed by atoms with Gasteiger partial charge in [0.15, 0.2) is 0 Å². The molecule has 3 unspecified atom stereocenters. The lowest BCUT2D eigenvalue weighted by Gasteiger charge is -2.32. The van der Waals surface area contributed by atoms with Gasteiger partial charge >= 0.3 is 0 Å². The lowest BCUT2D eigenvalue weighted by molar-refractivity contribution is 0.152. The van der Waals surface area contributed by atoms with E-state index in [0.717, 1.165) is 55.0 Å². The highest BCUT2D eigenvalue weighted by Crippen LogP contribution is 2.40. The summed E-state index contributed by atoms with van der Waals surface area (Å²) in [5, 5.41) is 23.5. The molecule has 3 atom stereocenters. The molecule has 208 valence electrons. The number of methoxy groups -OCH3 is 1. The summed E-state index contributed by atoms with van der Waals surface area (Å²) in [4.78, 5) is 2.26. The molecule has 6 heteroatoms. The molecule has 5 rings (SSSR count). The predicted molar refractivity (Wildman–Crippen MR) is 156 cm³/mol. The van der Waals surface area contributed by atoms with E-state index in [1.807, 2.05) is 12.1 Å². The monoisotopic (exact) mass is 530 g/mol. The number of nitrogens with zero attached hydrogens (tertiary/aromatic N) is 1. The predicted octanol–water partition coefficient (Wildman–Crippen LogP) is 5.58. The molecule has 0 saturated carbocycles. The van der Waals surface area contributed by atoms with Gasteiger partial charge in [0, 0.05) is 30.9 Å². The Balaban J connectivity index is 1.34. The van der Waals surface area contributed by atoms with Crippen molar-refractivity contribution in [1.29, 1.82) is 0 Å². The molecular formula is C33H42N2O4. The summed E-state index contributed by atoms with van der Waals surface area (Å²) in [6.07, 6.45) is 6.68. The van der Waals surface area contributed by atoms with Crippen LogP contribution in [0.1, 0.15) is 60.8 Å². The number of rotatable bonds is 10. The van der Waals surface area contributed by atoms with Crippen LogP contribution in [-0.4, -0.2) is 49.2 Å². The Morgan fingerprint density at radius 2 is 1.79 bits per heavy atom. The van der Waals surface area contributed by atoms with Gasteiger partial charge in [0.25, 0.3) is 0 Å². The molecule has 1 heterocycles. The van der Waals surface area contributed by atoms with Gasteiger partial charge in [0.05, 0.1) is 13.7 Å². The number of aromatic hydroxyl groups is 1. The molecule has 0 aromatic heterocycles. The highest BCUT2D eigenvalue weighted by Gasteiger charge is 2.25. The smallest absolute Gasteiger partial charge is 0.120 e. The van der Waals surface area contributed by atoms with Crippen LogP contribution in [0.5, 0.6) is 17.2 Å². The first-order valence-corrected chi connectivity index (χ1v) is 14.4. The Kier molecular flexibility index (Phi) is 8.95. The van der Waals surface area contributed by atoms with Crippen LogP contribution in [0.25, 0.3) is 0 Å². The first-order chi connectivity index (χ1) is 19.0. The number of phenolic OH excluding ortho intramolecular Hbond substituents is 1.